The second-order valence-electron chi connectivity index (χ2n) is 33.7. The van der Waals surface area contributed by atoms with Crippen molar-refractivity contribution < 1.29 is 123 Å². The van der Waals surface area contributed by atoms with Crippen LogP contribution in [0, 0.1) is 5.92 Å². The summed E-state index contributed by atoms with van der Waals surface area (Å²) in [6.45, 7) is 17.3. The van der Waals surface area contributed by atoms with Crippen LogP contribution in [0.3, 0.4) is 0 Å². The summed E-state index contributed by atoms with van der Waals surface area (Å²) < 4.78 is 156. The molecule has 0 unspecified atom stereocenters. The van der Waals surface area contributed by atoms with E-state index in [0.29, 0.717) is 0 Å². The highest BCUT2D eigenvalue weighted by Gasteiger charge is 2.61. The predicted molar refractivity (Wildman–Crippen MR) is 470 cm³/mol. The minimum absolute atomic E-state index is 0.00484. The van der Waals surface area contributed by atoms with Gasteiger partial charge in [0.15, 0.2) is 49.4 Å². The fourth-order valence-corrected chi connectivity index (χ4v) is 17.0. The van der Waals surface area contributed by atoms with E-state index in [1.54, 1.807) is 33.8 Å². The number of hydrogen-bond donors (Lipinski definition) is 1. The van der Waals surface area contributed by atoms with Crippen LogP contribution >= 0.6 is 0 Å². The molecule has 0 bridgehead atoms. The summed E-state index contributed by atoms with van der Waals surface area (Å²) in [5.74, 6) is -4.48. The zero-order valence-corrected chi connectivity index (χ0v) is 74.3. The first-order valence-corrected chi connectivity index (χ1v) is 44.5. The van der Waals surface area contributed by atoms with E-state index in [9.17, 15) is 14.4 Å². The summed E-state index contributed by atoms with van der Waals surface area (Å²) in [6.07, 6.45) is -27.6. The molecule has 0 aromatic heterocycles. The summed E-state index contributed by atoms with van der Waals surface area (Å²) in [7, 11) is 0. The molecule has 0 spiro atoms. The fraction of sp³-hybridized carbons (Fsp3) is 0.471. The lowest BCUT2D eigenvalue weighted by molar-refractivity contribution is -0.408. The van der Waals surface area contributed by atoms with Crippen LogP contribution < -0.4 is 5.32 Å². The Balaban J connectivity index is 0.918. The first-order chi connectivity index (χ1) is 62.8. The van der Waals surface area contributed by atoms with Gasteiger partial charge in [-0.05, 0) is 86.1 Å². The molecule has 129 heavy (non-hydrogen) atoms. The van der Waals surface area contributed by atoms with Crippen molar-refractivity contribution in [2.24, 2.45) is 5.92 Å². The van der Waals surface area contributed by atoms with Crippen molar-refractivity contribution in [2.45, 2.75) is 274 Å². The minimum Gasteiger partial charge on any atom is -0.454 e. The third-order valence-electron chi connectivity index (χ3n) is 23.3. The number of ketones is 1. The van der Waals surface area contributed by atoms with Gasteiger partial charge in [-0.25, -0.2) is 0 Å². The van der Waals surface area contributed by atoms with Crippen LogP contribution in [0.5, 0.6) is 0 Å². The number of amides is 1. The van der Waals surface area contributed by atoms with Crippen LogP contribution in [0.1, 0.15) is 113 Å². The molecule has 1 amide bonds. The normalized spacial score (nSPS) is 30.2. The van der Waals surface area contributed by atoms with Crippen molar-refractivity contribution >= 4 is 23.6 Å². The molecule has 6 heterocycles. The number of rotatable bonds is 43. The molecule has 0 radical (unpaired) electrons. The average molecular weight is 1780 g/mol. The Bertz CT molecular complexity index is 4690. The second-order valence-corrected chi connectivity index (χ2v) is 33.7. The van der Waals surface area contributed by atoms with Crippen LogP contribution in [-0.4, -0.2) is 203 Å². The van der Waals surface area contributed by atoms with Gasteiger partial charge in [-0.2, -0.15) is 0 Å². The quantitative estimate of drug-likeness (QED) is 0.0274. The van der Waals surface area contributed by atoms with Crippen LogP contribution in [-0.2, 0) is 176 Å². The molecule has 14 rings (SSSR count). The number of ether oxygens (including phenoxy) is 22. The van der Waals surface area contributed by atoms with Crippen molar-refractivity contribution in [2.75, 3.05) is 26.4 Å². The van der Waals surface area contributed by atoms with Crippen molar-refractivity contribution in [3.05, 3.63) is 300 Å². The first-order valence-electron chi connectivity index (χ1n) is 44.5. The van der Waals surface area contributed by atoms with Gasteiger partial charge in [0.25, 0.3) is 0 Å². The Morgan fingerprint density at radius 3 is 1.17 bits per heavy atom. The highest BCUT2D eigenvalue weighted by molar-refractivity contribution is 5.81. The average Bonchev–Trinajstić information content (AvgIpc) is 0.759. The maximum absolute atomic E-state index is 15.4. The highest BCUT2D eigenvalue weighted by Crippen LogP contribution is 2.44. The minimum atomic E-state index is -1.72. The van der Waals surface area contributed by atoms with Gasteiger partial charge in [-0.3, -0.25) is 14.4 Å². The molecule has 1 N–H and O–H groups in total. The van der Waals surface area contributed by atoms with Gasteiger partial charge in [-0.15, -0.1) is 6.58 Å². The van der Waals surface area contributed by atoms with Gasteiger partial charge in [0.2, 0.25) is 5.91 Å². The highest BCUT2D eigenvalue weighted by atomic mass is 16.8. The van der Waals surface area contributed by atoms with Crippen molar-refractivity contribution in [1.29, 1.82) is 0 Å². The number of hydrogen-bond acceptors (Lipinski definition) is 26. The van der Waals surface area contributed by atoms with E-state index in [1.807, 2.05) is 250 Å². The topological polar surface area (TPSA) is 283 Å². The van der Waals surface area contributed by atoms with E-state index >= 15 is 4.79 Å². The Morgan fingerprint density at radius 1 is 0.380 bits per heavy atom. The number of fused-ring (bicyclic) bond motifs is 1. The zero-order valence-electron chi connectivity index (χ0n) is 74.3. The molecule has 27 nitrogen and oxygen atoms in total. The Kier molecular flexibility index (Phi) is 35.5. The monoisotopic (exact) mass is 1780 g/mol. The molecule has 6 saturated heterocycles. The molecule has 25 atom stereocenters. The molecule has 6 fully saturated rings. The molecule has 0 saturated carbocycles. The van der Waals surface area contributed by atoms with Crippen molar-refractivity contribution in [3.8, 4) is 0 Å². The molecule has 690 valence electrons. The molecular formula is C102H121NO26. The van der Waals surface area contributed by atoms with Crippen molar-refractivity contribution in [3.63, 3.8) is 0 Å². The molecule has 6 aliphatic rings. The van der Waals surface area contributed by atoms with E-state index in [4.69, 9.17) is 104 Å². The third-order valence-corrected chi connectivity index (χ3v) is 23.3. The molecular weight excluding hydrogens is 1660 g/mol. The molecule has 27 heteroatoms. The van der Waals surface area contributed by atoms with Gasteiger partial charge in [0, 0.05) is 26.2 Å². The van der Waals surface area contributed by atoms with Crippen molar-refractivity contribution in [1.82, 2.24) is 5.32 Å². The number of carbonyl (C=O) groups excluding carboxylic acids is 4. The Morgan fingerprint density at radius 2 is 0.744 bits per heavy atom. The Hall–Kier alpha value is -9.22. The zero-order chi connectivity index (χ0) is 90.0. The van der Waals surface area contributed by atoms with Gasteiger partial charge in [0.05, 0.1) is 110 Å². The van der Waals surface area contributed by atoms with E-state index in [1.165, 1.54) is 20.8 Å². The summed E-state index contributed by atoms with van der Waals surface area (Å²) in [5.41, 5.74) is 6.71. The molecule has 6 aliphatic heterocycles. The lowest BCUT2D eigenvalue weighted by Crippen LogP contribution is -2.71. The van der Waals surface area contributed by atoms with E-state index in [0.717, 1.165) is 44.5 Å². The summed E-state index contributed by atoms with van der Waals surface area (Å²) in [5, 5.41) is 3.01. The second kappa shape index (κ2) is 47.7. The van der Waals surface area contributed by atoms with E-state index < -0.39 is 177 Å². The van der Waals surface area contributed by atoms with Gasteiger partial charge >= 0.3 is 11.9 Å². The lowest BCUT2D eigenvalue weighted by atomic mass is 9.88. The number of esters is 2. The number of benzene rings is 8. The third kappa shape index (κ3) is 27.0. The maximum atomic E-state index is 15.4. The van der Waals surface area contributed by atoms with Gasteiger partial charge < -0.3 is 114 Å². The first kappa shape index (κ1) is 95.9. The largest absolute Gasteiger partial charge is 0.454 e. The number of carbonyl (C=O) groups is 4. The fourth-order valence-electron chi connectivity index (χ4n) is 17.0. The van der Waals surface area contributed by atoms with Crippen LogP contribution in [0.15, 0.2) is 255 Å². The smallest absolute Gasteiger partial charge is 0.306 e. The maximum Gasteiger partial charge on any atom is 0.306 e. The number of nitrogens with one attached hydrogen (secondary N) is 1. The molecule has 8 aromatic rings. The lowest BCUT2D eigenvalue weighted by Gasteiger charge is -2.53. The van der Waals surface area contributed by atoms with E-state index in [-0.39, 0.29) is 97.9 Å². The van der Waals surface area contributed by atoms with Crippen LogP contribution in [0.25, 0.3) is 0 Å². The van der Waals surface area contributed by atoms with Gasteiger partial charge in [-0.1, -0.05) is 249 Å². The molecule has 0 aliphatic carbocycles. The number of Topliss-reactive ketones (excluding diaryl/α,β-unsaturated/α-hetero) is 1. The summed E-state index contributed by atoms with van der Waals surface area (Å²) in [6, 6.07) is 76.3. The molecule has 8 aromatic carbocycles. The standard InChI is InChI=1S/C102H121NO26/c1-10-53-110-97-83(103-69(6)105)90(89-81(122-97)64-117-102(8,9)129-89)126-100-95(121-70(7)106)92(85(67(4)119-100)112-57-74-41-25-14-26-42-74)127-98-87(79(62-108-54-71-35-19-11-20-36-71)84(66(3)118-98)111-56-73-39-23-13-24-40-73)125-101-96(124-82(107)52-51-65(2)104)93(86(68(5)120-101)113-58-75-43-27-15-28-44-75)128-99-94(116-61-78-49-33-18-34-50-78)91(115-60-77-47-31-17-32-48-77)88(114-59-76-45-29-16-30-46-76)80(123-99)63-109-55-72-37-21-12-22-38-72/h10-50,66-68,79-81,83-101H,1,51-64H2,2-9H3,(H,103,105)/t66-,67-,68-,79+,80-,81+,83+,84-,85-,86-,87+,88-,89+,90+,91+,92+,93+,94+,95+,96+,97+,98-,99-,100-,101-/m0/s1. The Labute approximate surface area is 755 Å². The van der Waals surface area contributed by atoms with Gasteiger partial charge in [0.1, 0.15) is 85.1 Å². The van der Waals surface area contributed by atoms with Crippen LogP contribution in [0.4, 0.5) is 0 Å². The van der Waals surface area contributed by atoms with Crippen LogP contribution in [0.2, 0.25) is 0 Å². The predicted octanol–water partition coefficient (Wildman–Crippen LogP) is 13.8. The van der Waals surface area contributed by atoms with E-state index in [2.05, 4.69) is 11.9 Å². The summed E-state index contributed by atoms with van der Waals surface area (Å²) in [4.78, 5) is 56.5. The SMILES string of the molecule is C=CCO[C@@H]1O[C@@H]2COC(C)(C)O[C@H]2[C@H](O[C@@H]2O[C@@H](C)[C@H](OCc3ccccc3)[C@@H](O[C@@H]3O[C@@H](C)[C@H](OCc4ccccc4)[C@@H](COCc4ccccc4)[C@H]3O[C@@H]3O[C@@H](C)[C@H](OCc4ccccc4)[C@@H](O[C@@H]4O[C@@H](COCc5ccccc5)[C@H](OCc5ccccc5)[C@@H](OCc5ccccc5)[C@H]4OCc4ccccc4)[C@H]3OC(=O)CCC(C)=O)[C@H]2OC(C)=O)[C@H]1NC(C)=O. The summed E-state index contributed by atoms with van der Waals surface area (Å²) >= 11 is 0.